The Morgan fingerprint density at radius 2 is 1.38 bits per heavy atom. The summed E-state index contributed by atoms with van der Waals surface area (Å²) in [5.41, 5.74) is 0. The van der Waals surface area contributed by atoms with E-state index in [4.69, 9.17) is 0 Å². The summed E-state index contributed by atoms with van der Waals surface area (Å²) in [6.07, 6.45) is 16.5. The Hall–Kier alpha value is -1.90. The second-order valence-corrected chi connectivity index (χ2v) is 2.17. The van der Waals surface area contributed by atoms with Crippen molar-refractivity contribution in [3.63, 3.8) is 0 Å². The van der Waals surface area contributed by atoms with E-state index >= 15 is 0 Å². The molecular formula is C10H11N3. The van der Waals surface area contributed by atoms with Crippen LogP contribution < -0.4 is 5.32 Å². The molecule has 0 aliphatic carbocycles. The van der Waals surface area contributed by atoms with Crippen molar-refractivity contribution in [3.05, 3.63) is 61.5 Å². The Balaban J connectivity index is 0.000000132. The van der Waals surface area contributed by atoms with Crippen LogP contribution in [0.25, 0.3) is 0 Å². The molecule has 0 bridgehead atoms. The van der Waals surface area contributed by atoms with Crippen LogP contribution in [-0.4, -0.2) is 9.97 Å². The molecule has 0 fully saturated rings. The quantitative estimate of drug-likeness (QED) is 0.648. The number of allylic oxidation sites excluding steroid dienone is 4. The van der Waals surface area contributed by atoms with Gasteiger partial charge in [0, 0.05) is 24.8 Å². The first-order chi connectivity index (χ1) is 6.50. The zero-order chi connectivity index (χ0) is 9.19. The molecule has 3 heteroatoms. The Morgan fingerprint density at radius 1 is 0.769 bits per heavy atom. The van der Waals surface area contributed by atoms with Crippen molar-refractivity contribution >= 4 is 0 Å². The lowest BCUT2D eigenvalue weighted by Crippen LogP contribution is -1.87. The molecule has 0 amide bonds. The maximum Gasteiger partial charge on any atom is 0.115 e. The molecule has 13 heavy (non-hydrogen) atoms. The van der Waals surface area contributed by atoms with Crippen LogP contribution in [0.5, 0.6) is 0 Å². The third-order valence-electron chi connectivity index (χ3n) is 1.20. The standard InChI is InChI=1S/C6H7N.C4H4N2/c1-2-4-6-7-5-3-1;1-2-5-4-6-3-1/h1-7H;1-4H. The van der Waals surface area contributed by atoms with Gasteiger partial charge in [0.05, 0.1) is 0 Å². The SMILES string of the molecule is C1=CC=CNC=C1.c1cncnc1. The molecule has 2 rings (SSSR count). The third kappa shape index (κ3) is 5.38. The molecule has 2 heterocycles. The first kappa shape index (κ1) is 9.19. The van der Waals surface area contributed by atoms with Gasteiger partial charge in [0.15, 0.2) is 0 Å². The van der Waals surface area contributed by atoms with Crippen molar-refractivity contribution in [2.24, 2.45) is 0 Å². The molecule has 0 aromatic carbocycles. The maximum atomic E-state index is 3.67. The molecule has 1 aliphatic heterocycles. The second kappa shape index (κ2) is 6.79. The molecule has 0 saturated heterocycles. The number of hydrogen-bond donors (Lipinski definition) is 1. The lowest BCUT2D eigenvalue weighted by Gasteiger charge is -1.79. The number of rotatable bonds is 0. The van der Waals surface area contributed by atoms with Crippen molar-refractivity contribution in [1.29, 1.82) is 0 Å². The van der Waals surface area contributed by atoms with Crippen LogP contribution in [0.15, 0.2) is 61.5 Å². The molecule has 1 aromatic heterocycles. The molecule has 66 valence electrons. The topological polar surface area (TPSA) is 37.8 Å². The van der Waals surface area contributed by atoms with E-state index in [1.807, 2.05) is 36.7 Å². The number of aromatic nitrogens is 2. The van der Waals surface area contributed by atoms with E-state index in [1.165, 1.54) is 6.33 Å². The molecule has 0 unspecified atom stereocenters. The van der Waals surface area contributed by atoms with E-state index < -0.39 is 0 Å². The van der Waals surface area contributed by atoms with Gasteiger partial charge in [0.25, 0.3) is 0 Å². The minimum atomic E-state index is 1.50. The van der Waals surface area contributed by atoms with Gasteiger partial charge in [-0.25, -0.2) is 9.97 Å². The molecule has 0 spiro atoms. The van der Waals surface area contributed by atoms with Crippen LogP contribution in [-0.2, 0) is 0 Å². The normalized spacial score (nSPS) is 12.3. The summed E-state index contributed by atoms with van der Waals surface area (Å²) in [5, 5.41) is 2.92. The largest absolute Gasteiger partial charge is 0.368 e. The minimum Gasteiger partial charge on any atom is -0.368 e. The van der Waals surface area contributed by atoms with Crippen molar-refractivity contribution in [2.75, 3.05) is 0 Å². The highest BCUT2D eigenvalue weighted by Gasteiger charge is 1.67. The van der Waals surface area contributed by atoms with Crippen LogP contribution in [0, 0.1) is 0 Å². The predicted molar refractivity (Wildman–Crippen MR) is 52.6 cm³/mol. The van der Waals surface area contributed by atoms with Gasteiger partial charge < -0.3 is 5.32 Å². The summed E-state index contributed by atoms with van der Waals surface area (Å²) in [5.74, 6) is 0. The van der Waals surface area contributed by atoms with Crippen molar-refractivity contribution in [3.8, 4) is 0 Å². The van der Waals surface area contributed by atoms with Gasteiger partial charge >= 0.3 is 0 Å². The number of nitrogens with one attached hydrogen (secondary N) is 1. The first-order valence-corrected chi connectivity index (χ1v) is 3.94. The Kier molecular flexibility index (Phi) is 4.80. The number of nitrogens with zero attached hydrogens (tertiary/aromatic N) is 2. The molecule has 0 atom stereocenters. The van der Waals surface area contributed by atoms with Crippen LogP contribution in [0.1, 0.15) is 0 Å². The summed E-state index contributed by atoms with van der Waals surface area (Å²) >= 11 is 0. The fraction of sp³-hybridized carbons (Fsp3) is 0. The van der Waals surface area contributed by atoms with E-state index in [2.05, 4.69) is 15.3 Å². The van der Waals surface area contributed by atoms with Gasteiger partial charge in [-0.05, 0) is 18.2 Å². The van der Waals surface area contributed by atoms with Gasteiger partial charge in [-0.2, -0.15) is 0 Å². The van der Waals surface area contributed by atoms with Crippen molar-refractivity contribution in [1.82, 2.24) is 15.3 Å². The van der Waals surface area contributed by atoms with Gasteiger partial charge in [-0.15, -0.1) is 0 Å². The monoisotopic (exact) mass is 173 g/mol. The number of hydrogen-bond acceptors (Lipinski definition) is 3. The van der Waals surface area contributed by atoms with Crippen LogP contribution in [0.4, 0.5) is 0 Å². The van der Waals surface area contributed by atoms with Gasteiger partial charge in [-0.3, -0.25) is 0 Å². The van der Waals surface area contributed by atoms with E-state index in [9.17, 15) is 0 Å². The molecule has 0 saturated carbocycles. The fourth-order valence-corrected chi connectivity index (χ4v) is 0.659. The zero-order valence-electron chi connectivity index (χ0n) is 7.17. The van der Waals surface area contributed by atoms with E-state index in [0.717, 1.165) is 0 Å². The zero-order valence-corrected chi connectivity index (χ0v) is 7.17. The van der Waals surface area contributed by atoms with Gasteiger partial charge in [-0.1, -0.05) is 12.2 Å². The van der Waals surface area contributed by atoms with Crippen LogP contribution >= 0.6 is 0 Å². The Bertz CT molecular complexity index is 248. The molecule has 1 aromatic rings. The maximum absolute atomic E-state index is 3.67. The van der Waals surface area contributed by atoms with Crippen molar-refractivity contribution < 1.29 is 0 Å². The second-order valence-electron chi connectivity index (χ2n) is 2.17. The predicted octanol–water partition coefficient (Wildman–Crippen LogP) is 1.65. The van der Waals surface area contributed by atoms with E-state index in [0.29, 0.717) is 0 Å². The van der Waals surface area contributed by atoms with Crippen LogP contribution in [0.2, 0.25) is 0 Å². The average molecular weight is 173 g/mol. The van der Waals surface area contributed by atoms with E-state index in [1.54, 1.807) is 18.5 Å². The van der Waals surface area contributed by atoms with E-state index in [-0.39, 0.29) is 0 Å². The lowest BCUT2D eigenvalue weighted by atomic mass is 10.5. The smallest absolute Gasteiger partial charge is 0.115 e. The summed E-state index contributed by atoms with van der Waals surface area (Å²) < 4.78 is 0. The minimum absolute atomic E-state index is 1.50. The third-order valence-corrected chi connectivity index (χ3v) is 1.20. The summed E-state index contributed by atoms with van der Waals surface area (Å²) in [6, 6.07) is 1.78. The Morgan fingerprint density at radius 3 is 1.77 bits per heavy atom. The Labute approximate surface area is 77.5 Å². The first-order valence-electron chi connectivity index (χ1n) is 3.94. The van der Waals surface area contributed by atoms with Gasteiger partial charge in [0.1, 0.15) is 6.33 Å². The highest BCUT2D eigenvalue weighted by atomic mass is 14.8. The lowest BCUT2D eigenvalue weighted by molar-refractivity contribution is 1.17. The summed E-state index contributed by atoms with van der Waals surface area (Å²) in [4.78, 5) is 7.35. The highest BCUT2D eigenvalue weighted by Crippen LogP contribution is 1.81. The highest BCUT2D eigenvalue weighted by molar-refractivity contribution is 5.14. The molecule has 1 N–H and O–H groups in total. The molecule has 3 nitrogen and oxygen atoms in total. The summed E-state index contributed by atoms with van der Waals surface area (Å²) in [7, 11) is 0. The molecule has 0 radical (unpaired) electrons. The fourth-order valence-electron chi connectivity index (χ4n) is 0.659. The average Bonchev–Trinajstić information content (AvgIpc) is 2.53. The van der Waals surface area contributed by atoms with Crippen LogP contribution in [0.3, 0.4) is 0 Å². The van der Waals surface area contributed by atoms with Gasteiger partial charge in [0.2, 0.25) is 0 Å². The van der Waals surface area contributed by atoms with Crippen molar-refractivity contribution in [2.45, 2.75) is 0 Å². The molecule has 1 aliphatic rings. The summed E-state index contributed by atoms with van der Waals surface area (Å²) in [6.45, 7) is 0. The molecular weight excluding hydrogens is 162 g/mol.